The Balaban J connectivity index is 1.42. The average molecular weight is 247 g/mol. The van der Waals surface area contributed by atoms with E-state index in [1.165, 1.54) is 38.5 Å². The molecule has 100 valence electrons. The number of para-hydroxylation sites is 1. The van der Waals surface area contributed by atoms with Gasteiger partial charge in [-0.05, 0) is 37.4 Å². The third-order valence-corrected chi connectivity index (χ3v) is 3.73. The van der Waals surface area contributed by atoms with Crippen molar-refractivity contribution in [2.45, 2.75) is 38.5 Å². The highest BCUT2D eigenvalue weighted by Crippen LogP contribution is 2.28. The minimum Gasteiger partial charge on any atom is -0.492 e. The van der Waals surface area contributed by atoms with E-state index in [0.717, 1.165) is 31.4 Å². The van der Waals surface area contributed by atoms with Gasteiger partial charge in [-0.15, -0.1) is 0 Å². The molecule has 1 aliphatic carbocycles. The molecule has 0 aliphatic heterocycles. The first-order chi connectivity index (χ1) is 8.95. The number of hydrogen-bond donors (Lipinski definition) is 1. The average Bonchev–Trinajstić information content (AvgIpc) is 2.92. The summed E-state index contributed by atoms with van der Waals surface area (Å²) in [5, 5.41) is 3.45. The van der Waals surface area contributed by atoms with Crippen molar-refractivity contribution in [3.8, 4) is 5.75 Å². The summed E-state index contributed by atoms with van der Waals surface area (Å²) in [4.78, 5) is 0. The van der Waals surface area contributed by atoms with Gasteiger partial charge in [0, 0.05) is 6.54 Å². The summed E-state index contributed by atoms with van der Waals surface area (Å²) in [6.45, 7) is 2.83. The Bertz CT molecular complexity index is 306. The standard InChI is InChI=1S/C16H25NO/c1-2-10-16(11-3-1)18-14-13-17-12-6-9-15-7-4-5-8-15/h1-3,10-11,15,17H,4-9,12-14H2. The van der Waals surface area contributed by atoms with Crippen LogP contribution in [0.1, 0.15) is 38.5 Å². The van der Waals surface area contributed by atoms with E-state index < -0.39 is 0 Å². The quantitative estimate of drug-likeness (QED) is 0.708. The molecule has 2 nitrogen and oxygen atoms in total. The van der Waals surface area contributed by atoms with Crippen LogP contribution < -0.4 is 10.1 Å². The van der Waals surface area contributed by atoms with Gasteiger partial charge in [-0.2, -0.15) is 0 Å². The summed E-state index contributed by atoms with van der Waals surface area (Å²) >= 11 is 0. The van der Waals surface area contributed by atoms with Crippen LogP contribution in [0.2, 0.25) is 0 Å². The lowest BCUT2D eigenvalue weighted by atomic mass is 10.0. The summed E-state index contributed by atoms with van der Waals surface area (Å²) in [5.74, 6) is 1.98. The highest BCUT2D eigenvalue weighted by Gasteiger charge is 2.13. The molecule has 0 saturated heterocycles. The van der Waals surface area contributed by atoms with Gasteiger partial charge in [-0.25, -0.2) is 0 Å². The molecule has 1 saturated carbocycles. The summed E-state index contributed by atoms with van der Waals surface area (Å²) in [6.07, 6.45) is 8.59. The molecule has 0 amide bonds. The summed E-state index contributed by atoms with van der Waals surface area (Å²) in [5.41, 5.74) is 0. The number of ether oxygens (including phenoxy) is 1. The van der Waals surface area contributed by atoms with Gasteiger partial charge in [-0.3, -0.25) is 0 Å². The lowest BCUT2D eigenvalue weighted by Gasteiger charge is -2.10. The molecular weight excluding hydrogens is 222 g/mol. The maximum Gasteiger partial charge on any atom is 0.119 e. The Labute approximate surface area is 111 Å². The second kappa shape index (κ2) is 8.15. The third-order valence-electron chi connectivity index (χ3n) is 3.73. The molecule has 0 spiro atoms. The fraction of sp³-hybridized carbons (Fsp3) is 0.625. The summed E-state index contributed by atoms with van der Waals surface area (Å²) in [7, 11) is 0. The zero-order valence-electron chi connectivity index (χ0n) is 11.2. The molecule has 18 heavy (non-hydrogen) atoms. The van der Waals surface area contributed by atoms with Crippen molar-refractivity contribution in [3.05, 3.63) is 30.3 Å². The summed E-state index contributed by atoms with van der Waals surface area (Å²) in [6, 6.07) is 10.0. The monoisotopic (exact) mass is 247 g/mol. The van der Waals surface area contributed by atoms with Gasteiger partial charge < -0.3 is 10.1 Å². The van der Waals surface area contributed by atoms with Crippen molar-refractivity contribution in [1.29, 1.82) is 0 Å². The topological polar surface area (TPSA) is 21.3 Å². The van der Waals surface area contributed by atoms with Gasteiger partial charge in [0.2, 0.25) is 0 Å². The first-order valence-electron chi connectivity index (χ1n) is 7.34. The van der Waals surface area contributed by atoms with Crippen LogP contribution in [-0.2, 0) is 0 Å². The van der Waals surface area contributed by atoms with E-state index in [1.54, 1.807) is 0 Å². The summed E-state index contributed by atoms with van der Waals surface area (Å²) < 4.78 is 5.62. The van der Waals surface area contributed by atoms with Gasteiger partial charge in [0.1, 0.15) is 12.4 Å². The zero-order chi connectivity index (χ0) is 12.5. The molecule has 1 fully saturated rings. The molecule has 0 aromatic heterocycles. The van der Waals surface area contributed by atoms with Gasteiger partial charge in [0.25, 0.3) is 0 Å². The van der Waals surface area contributed by atoms with E-state index in [2.05, 4.69) is 5.32 Å². The van der Waals surface area contributed by atoms with E-state index in [0.29, 0.717) is 0 Å². The van der Waals surface area contributed by atoms with Gasteiger partial charge in [0.15, 0.2) is 0 Å². The van der Waals surface area contributed by atoms with Crippen molar-refractivity contribution in [3.63, 3.8) is 0 Å². The molecule has 2 rings (SSSR count). The van der Waals surface area contributed by atoms with Gasteiger partial charge in [-0.1, -0.05) is 43.9 Å². The smallest absolute Gasteiger partial charge is 0.119 e. The van der Waals surface area contributed by atoms with Crippen LogP contribution in [-0.4, -0.2) is 19.7 Å². The SMILES string of the molecule is c1ccc(OCCNCCCC2CCCC2)cc1. The van der Waals surface area contributed by atoms with Crippen molar-refractivity contribution in [2.75, 3.05) is 19.7 Å². The van der Waals surface area contributed by atoms with E-state index in [4.69, 9.17) is 4.74 Å². The fourth-order valence-electron chi connectivity index (χ4n) is 2.70. The molecule has 2 heteroatoms. The maximum atomic E-state index is 5.62. The number of nitrogens with one attached hydrogen (secondary N) is 1. The van der Waals surface area contributed by atoms with Crippen molar-refractivity contribution in [1.82, 2.24) is 5.32 Å². The lowest BCUT2D eigenvalue weighted by Crippen LogP contribution is -2.22. The van der Waals surface area contributed by atoms with Crippen molar-refractivity contribution in [2.24, 2.45) is 5.92 Å². The second-order valence-electron chi connectivity index (χ2n) is 5.20. The molecule has 0 atom stereocenters. The van der Waals surface area contributed by atoms with Crippen LogP contribution in [0.3, 0.4) is 0 Å². The van der Waals surface area contributed by atoms with E-state index in [9.17, 15) is 0 Å². The largest absolute Gasteiger partial charge is 0.492 e. The van der Waals surface area contributed by atoms with E-state index >= 15 is 0 Å². The minimum absolute atomic E-state index is 0.757. The normalized spacial score (nSPS) is 16.0. The number of hydrogen-bond acceptors (Lipinski definition) is 2. The van der Waals surface area contributed by atoms with Crippen LogP contribution >= 0.6 is 0 Å². The molecule has 0 bridgehead atoms. The first-order valence-corrected chi connectivity index (χ1v) is 7.34. The van der Waals surface area contributed by atoms with Crippen molar-refractivity contribution < 1.29 is 4.74 Å². The molecular formula is C16H25NO. The van der Waals surface area contributed by atoms with Gasteiger partial charge >= 0.3 is 0 Å². The first kappa shape index (κ1) is 13.4. The molecule has 1 N–H and O–H groups in total. The fourth-order valence-corrected chi connectivity index (χ4v) is 2.70. The number of benzene rings is 1. The van der Waals surface area contributed by atoms with E-state index in [1.807, 2.05) is 30.3 Å². The van der Waals surface area contributed by atoms with Gasteiger partial charge in [0.05, 0.1) is 0 Å². The van der Waals surface area contributed by atoms with Crippen molar-refractivity contribution >= 4 is 0 Å². The highest BCUT2D eigenvalue weighted by atomic mass is 16.5. The number of rotatable bonds is 8. The Morgan fingerprint density at radius 3 is 2.61 bits per heavy atom. The molecule has 1 aromatic rings. The van der Waals surface area contributed by atoms with Crippen LogP contribution in [0.25, 0.3) is 0 Å². The van der Waals surface area contributed by atoms with Crippen LogP contribution in [0, 0.1) is 5.92 Å². The minimum atomic E-state index is 0.757. The third kappa shape index (κ3) is 5.09. The predicted octanol–water partition coefficient (Wildman–Crippen LogP) is 3.63. The maximum absolute atomic E-state index is 5.62. The van der Waals surface area contributed by atoms with Crippen LogP contribution in [0.5, 0.6) is 5.75 Å². The molecule has 1 aliphatic rings. The predicted molar refractivity (Wildman–Crippen MR) is 76.0 cm³/mol. The molecule has 0 unspecified atom stereocenters. The highest BCUT2D eigenvalue weighted by molar-refractivity contribution is 5.20. The molecule has 1 aromatic carbocycles. The van der Waals surface area contributed by atoms with Crippen LogP contribution in [0.4, 0.5) is 0 Å². The molecule has 0 heterocycles. The Kier molecular flexibility index (Phi) is 6.07. The molecule has 0 radical (unpaired) electrons. The lowest BCUT2D eigenvalue weighted by molar-refractivity contribution is 0.312. The van der Waals surface area contributed by atoms with Crippen LogP contribution in [0.15, 0.2) is 30.3 Å². The Morgan fingerprint density at radius 2 is 1.83 bits per heavy atom. The second-order valence-corrected chi connectivity index (χ2v) is 5.20. The van der Waals surface area contributed by atoms with E-state index in [-0.39, 0.29) is 0 Å². The Hall–Kier alpha value is -1.02. The Morgan fingerprint density at radius 1 is 1.06 bits per heavy atom. The zero-order valence-corrected chi connectivity index (χ0v) is 11.2.